The molecule has 5 nitrogen and oxygen atoms in total. The molecule has 3 aromatic rings. The third-order valence-electron chi connectivity index (χ3n) is 3.46. The molecule has 3 rings (SSSR count). The minimum Gasteiger partial charge on any atom is -0.462 e. The highest BCUT2D eigenvalue weighted by atomic mass is 32.1. The van der Waals surface area contributed by atoms with Gasteiger partial charge < -0.3 is 9.72 Å². The molecule has 23 heavy (non-hydrogen) atoms. The Labute approximate surface area is 141 Å². The molecule has 0 radical (unpaired) electrons. The van der Waals surface area contributed by atoms with E-state index in [1.165, 1.54) is 15.9 Å². The maximum Gasteiger partial charge on any atom is 0.348 e. The Morgan fingerprint density at radius 2 is 2.04 bits per heavy atom. The van der Waals surface area contributed by atoms with Crippen LogP contribution >= 0.6 is 23.6 Å². The Balaban J connectivity index is 2.31. The number of nitrogens with zero attached hydrogens (tertiary/aromatic N) is 1. The molecular weight excluding hydrogens is 332 g/mol. The van der Waals surface area contributed by atoms with Gasteiger partial charge in [0.25, 0.3) is 5.56 Å². The lowest BCUT2D eigenvalue weighted by Crippen LogP contribution is -2.20. The number of rotatable bonds is 3. The van der Waals surface area contributed by atoms with Crippen LogP contribution in [0.3, 0.4) is 0 Å². The molecule has 0 amide bonds. The average molecular weight is 346 g/mol. The van der Waals surface area contributed by atoms with Gasteiger partial charge in [0.05, 0.1) is 17.7 Å². The Kier molecular flexibility index (Phi) is 4.14. The van der Waals surface area contributed by atoms with Crippen LogP contribution in [-0.2, 0) is 4.74 Å². The van der Waals surface area contributed by atoms with E-state index >= 15 is 0 Å². The number of esters is 1. The fourth-order valence-corrected chi connectivity index (χ4v) is 3.87. The summed E-state index contributed by atoms with van der Waals surface area (Å²) in [5, 5.41) is 0.468. The number of benzene rings is 1. The zero-order valence-electron chi connectivity index (χ0n) is 12.6. The molecule has 2 heterocycles. The number of aryl methyl sites for hydroxylation is 1. The standard InChI is InChI=1S/C16H14N2O3S2/c1-3-21-15(20)12-9(2)11-13(23-12)17-16(22)18(14(11)19)10-7-5-4-6-8-10/h4-8H,3H2,1-2H3,(H,17,22). The Morgan fingerprint density at radius 1 is 1.35 bits per heavy atom. The van der Waals surface area contributed by atoms with Gasteiger partial charge in [-0.25, -0.2) is 4.79 Å². The molecule has 0 spiro atoms. The summed E-state index contributed by atoms with van der Waals surface area (Å²) in [4.78, 5) is 29.0. The summed E-state index contributed by atoms with van der Waals surface area (Å²) in [5.41, 5.74) is 1.06. The van der Waals surface area contributed by atoms with Crippen molar-refractivity contribution in [3.63, 3.8) is 0 Å². The van der Waals surface area contributed by atoms with Crippen molar-refractivity contribution in [2.45, 2.75) is 13.8 Å². The summed E-state index contributed by atoms with van der Waals surface area (Å²) in [6, 6.07) is 9.17. The van der Waals surface area contributed by atoms with Crippen molar-refractivity contribution in [1.29, 1.82) is 0 Å². The zero-order chi connectivity index (χ0) is 16.6. The highest BCUT2D eigenvalue weighted by Crippen LogP contribution is 2.28. The number of carbonyl (C=O) groups is 1. The SMILES string of the molecule is CCOC(=O)c1sc2[nH]c(=S)n(-c3ccccc3)c(=O)c2c1C. The molecule has 0 saturated carbocycles. The third kappa shape index (κ3) is 2.62. The second kappa shape index (κ2) is 6.10. The van der Waals surface area contributed by atoms with Gasteiger partial charge in [-0.05, 0) is 43.8 Å². The molecule has 0 fully saturated rings. The molecule has 0 aliphatic rings. The summed E-state index contributed by atoms with van der Waals surface area (Å²) in [5.74, 6) is -0.420. The Morgan fingerprint density at radius 3 is 2.70 bits per heavy atom. The number of thiophene rings is 1. The molecule has 0 aliphatic carbocycles. The smallest absolute Gasteiger partial charge is 0.348 e. The van der Waals surface area contributed by atoms with Gasteiger partial charge in [-0.3, -0.25) is 9.36 Å². The van der Waals surface area contributed by atoms with Gasteiger partial charge in [0.2, 0.25) is 0 Å². The summed E-state index contributed by atoms with van der Waals surface area (Å²) >= 11 is 6.51. The average Bonchev–Trinajstić information content (AvgIpc) is 2.85. The van der Waals surface area contributed by atoms with Crippen LogP contribution < -0.4 is 5.56 Å². The van der Waals surface area contributed by atoms with E-state index in [9.17, 15) is 9.59 Å². The molecular formula is C16H14N2O3S2. The van der Waals surface area contributed by atoms with Crippen LogP contribution in [0.5, 0.6) is 0 Å². The van der Waals surface area contributed by atoms with Gasteiger partial charge in [0, 0.05) is 0 Å². The van der Waals surface area contributed by atoms with E-state index in [0.717, 1.165) is 0 Å². The number of hydrogen-bond donors (Lipinski definition) is 1. The van der Waals surface area contributed by atoms with E-state index in [0.29, 0.717) is 31.1 Å². The fourth-order valence-electron chi connectivity index (χ4n) is 2.42. The molecule has 2 aromatic heterocycles. The van der Waals surface area contributed by atoms with Crippen LogP contribution in [0, 0.1) is 11.7 Å². The van der Waals surface area contributed by atoms with Crippen LogP contribution in [0.15, 0.2) is 35.1 Å². The molecule has 0 unspecified atom stereocenters. The quantitative estimate of drug-likeness (QED) is 0.581. The molecule has 0 bridgehead atoms. The normalized spacial score (nSPS) is 10.9. The van der Waals surface area contributed by atoms with Crippen molar-refractivity contribution in [2.24, 2.45) is 0 Å². The van der Waals surface area contributed by atoms with Gasteiger partial charge in [0.1, 0.15) is 9.71 Å². The summed E-state index contributed by atoms with van der Waals surface area (Å²) in [7, 11) is 0. The van der Waals surface area contributed by atoms with Gasteiger partial charge in [-0.1, -0.05) is 18.2 Å². The minimum absolute atomic E-state index is 0.237. The van der Waals surface area contributed by atoms with Gasteiger partial charge in [-0.2, -0.15) is 0 Å². The van der Waals surface area contributed by atoms with Crippen molar-refractivity contribution in [3.8, 4) is 5.69 Å². The predicted molar refractivity (Wildman–Crippen MR) is 93.3 cm³/mol. The first-order valence-electron chi connectivity index (χ1n) is 7.05. The first-order chi connectivity index (χ1) is 11.0. The van der Waals surface area contributed by atoms with E-state index in [4.69, 9.17) is 17.0 Å². The predicted octanol–water partition coefficient (Wildman–Crippen LogP) is 3.59. The van der Waals surface area contributed by atoms with Crippen molar-refractivity contribution < 1.29 is 9.53 Å². The van der Waals surface area contributed by atoms with Crippen LogP contribution in [0.1, 0.15) is 22.2 Å². The second-order valence-corrected chi connectivity index (χ2v) is 6.29. The van der Waals surface area contributed by atoms with Crippen molar-refractivity contribution in [1.82, 2.24) is 9.55 Å². The lowest BCUT2D eigenvalue weighted by atomic mass is 10.2. The number of aromatic nitrogens is 2. The van der Waals surface area contributed by atoms with E-state index in [1.807, 2.05) is 30.3 Å². The Bertz CT molecular complexity index is 1000. The number of hydrogen-bond acceptors (Lipinski definition) is 5. The monoisotopic (exact) mass is 346 g/mol. The summed E-state index contributed by atoms with van der Waals surface area (Å²) in [6.45, 7) is 3.78. The maximum atomic E-state index is 12.9. The van der Waals surface area contributed by atoms with Gasteiger partial charge in [-0.15, -0.1) is 11.3 Å². The maximum absolute atomic E-state index is 12.9. The second-order valence-electron chi connectivity index (χ2n) is 4.89. The minimum atomic E-state index is -0.420. The zero-order valence-corrected chi connectivity index (χ0v) is 14.2. The number of aromatic amines is 1. The van der Waals surface area contributed by atoms with E-state index in [1.54, 1.807) is 13.8 Å². The highest BCUT2D eigenvalue weighted by Gasteiger charge is 2.20. The van der Waals surface area contributed by atoms with Crippen LogP contribution in [0.4, 0.5) is 0 Å². The van der Waals surface area contributed by atoms with Crippen molar-refractivity contribution >= 4 is 39.7 Å². The van der Waals surface area contributed by atoms with Gasteiger partial charge >= 0.3 is 5.97 Å². The number of fused-ring (bicyclic) bond motifs is 1. The molecule has 0 atom stereocenters. The molecule has 7 heteroatoms. The number of ether oxygens (including phenoxy) is 1. The summed E-state index contributed by atoms with van der Waals surface area (Å²) < 4.78 is 6.78. The lowest BCUT2D eigenvalue weighted by Gasteiger charge is -2.06. The fraction of sp³-hybridized carbons (Fsp3) is 0.188. The van der Waals surface area contributed by atoms with Crippen molar-refractivity contribution in [3.05, 3.63) is 55.9 Å². The van der Waals surface area contributed by atoms with E-state index in [-0.39, 0.29) is 12.2 Å². The number of para-hydroxylation sites is 1. The van der Waals surface area contributed by atoms with Gasteiger partial charge in [0.15, 0.2) is 4.77 Å². The lowest BCUT2D eigenvalue weighted by molar-refractivity contribution is 0.0531. The number of nitrogens with one attached hydrogen (secondary N) is 1. The first-order valence-corrected chi connectivity index (χ1v) is 8.28. The van der Waals surface area contributed by atoms with Crippen LogP contribution in [-0.4, -0.2) is 22.1 Å². The molecule has 0 aliphatic heterocycles. The van der Waals surface area contributed by atoms with Crippen LogP contribution in [0.2, 0.25) is 0 Å². The van der Waals surface area contributed by atoms with Crippen molar-refractivity contribution in [2.75, 3.05) is 6.61 Å². The molecule has 118 valence electrons. The Hall–Kier alpha value is -2.25. The first kappa shape index (κ1) is 15.6. The third-order valence-corrected chi connectivity index (χ3v) is 4.93. The van der Waals surface area contributed by atoms with E-state index in [2.05, 4.69) is 4.98 Å². The number of H-pyrrole nitrogens is 1. The largest absolute Gasteiger partial charge is 0.462 e. The molecule has 1 N–H and O–H groups in total. The highest BCUT2D eigenvalue weighted by molar-refractivity contribution is 7.71. The van der Waals surface area contributed by atoms with Crippen LogP contribution in [0.25, 0.3) is 15.9 Å². The van der Waals surface area contributed by atoms with E-state index < -0.39 is 5.97 Å². The number of carbonyl (C=O) groups excluding carboxylic acids is 1. The molecule has 1 aromatic carbocycles. The molecule has 0 saturated heterocycles. The summed E-state index contributed by atoms with van der Waals surface area (Å²) in [6.07, 6.45) is 0. The topological polar surface area (TPSA) is 64.1 Å².